The predicted octanol–water partition coefficient (Wildman–Crippen LogP) is 2.99. The maximum absolute atomic E-state index is 2.63. The molecule has 1 heterocycles. The van der Waals surface area contributed by atoms with Gasteiger partial charge in [0.15, 0.2) is 0 Å². The van der Waals surface area contributed by atoms with Crippen LogP contribution in [0.1, 0.15) is 32.6 Å². The second-order valence-electron chi connectivity index (χ2n) is 4.98. The first-order valence-electron chi connectivity index (χ1n) is 5.85. The maximum Gasteiger partial charge on any atom is 0.00731 e. The Balaban J connectivity index is 1.88. The zero-order chi connectivity index (χ0) is 9.86. The molecule has 0 N–H and O–H groups in total. The number of allylic oxidation sites excluding steroid dienone is 3. The molecule has 0 aromatic heterocycles. The Morgan fingerprint density at radius 1 is 1.14 bits per heavy atom. The topological polar surface area (TPSA) is 3.24 Å². The zero-order valence-electron chi connectivity index (χ0n) is 9.21. The van der Waals surface area contributed by atoms with Crippen LogP contribution in [0.5, 0.6) is 0 Å². The summed E-state index contributed by atoms with van der Waals surface area (Å²) in [5, 5.41) is 0. The molecule has 14 heavy (non-hydrogen) atoms. The van der Waals surface area contributed by atoms with Crippen molar-refractivity contribution < 1.29 is 0 Å². The van der Waals surface area contributed by atoms with Crippen LogP contribution in [-0.2, 0) is 0 Å². The van der Waals surface area contributed by atoms with Crippen molar-refractivity contribution in [1.29, 1.82) is 0 Å². The lowest BCUT2D eigenvalue weighted by Gasteiger charge is -2.35. The second kappa shape index (κ2) is 4.31. The van der Waals surface area contributed by atoms with Gasteiger partial charge in [0.2, 0.25) is 0 Å². The molecule has 1 heteroatoms. The fraction of sp³-hybridized carbons (Fsp3) is 0.692. The van der Waals surface area contributed by atoms with Crippen molar-refractivity contribution in [3.05, 3.63) is 24.3 Å². The molecule has 0 radical (unpaired) electrons. The molecular weight excluding hydrogens is 170 g/mol. The van der Waals surface area contributed by atoms with Crippen molar-refractivity contribution in [3.8, 4) is 0 Å². The first-order valence-corrected chi connectivity index (χ1v) is 5.85. The van der Waals surface area contributed by atoms with Gasteiger partial charge in [0.05, 0.1) is 0 Å². The molecule has 0 bridgehead atoms. The average Bonchev–Trinajstić information content (AvgIpc) is 2.19. The lowest BCUT2D eigenvalue weighted by atomic mass is 9.83. The molecule has 1 fully saturated rings. The number of piperidine rings is 1. The van der Waals surface area contributed by atoms with E-state index in [4.69, 9.17) is 0 Å². The summed E-state index contributed by atoms with van der Waals surface area (Å²) in [4.78, 5) is 2.63. The normalized spacial score (nSPS) is 33.5. The first-order chi connectivity index (χ1) is 6.79. The molecule has 2 aliphatic rings. The van der Waals surface area contributed by atoms with E-state index in [1.807, 2.05) is 0 Å². The highest BCUT2D eigenvalue weighted by molar-refractivity contribution is 5.16. The molecule has 1 aliphatic heterocycles. The molecule has 0 spiro atoms. The Morgan fingerprint density at radius 2 is 1.93 bits per heavy atom. The lowest BCUT2D eigenvalue weighted by molar-refractivity contribution is 0.170. The molecular formula is C13H21N. The van der Waals surface area contributed by atoms with Gasteiger partial charge in [0, 0.05) is 12.0 Å². The third kappa shape index (κ3) is 2.48. The lowest BCUT2D eigenvalue weighted by Crippen LogP contribution is -2.38. The highest BCUT2D eigenvalue weighted by atomic mass is 15.1. The van der Waals surface area contributed by atoms with E-state index in [-0.39, 0.29) is 0 Å². The molecule has 1 saturated heterocycles. The Labute approximate surface area is 87.5 Å². The van der Waals surface area contributed by atoms with Crippen LogP contribution in [-0.4, -0.2) is 24.5 Å². The Kier molecular flexibility index (Phi) is 3.07. The Hall–Kier alpha value is -0.560. The van der Waals surface area contributed by atoms with Gasteiger partial charge in [0.1, 0.15) is 0 Å². The van der Waals surface area contributed by atoms with Crippen LogP contribution in [0.3, 0.4) is 0 Å². The van der Waals surface area contributed by atoms with Crippen LogP contribution < -0.4 is 0 Å². The molecule has 0 saturated carbocycles. The quantitative estimate of drug-likeness (QED) is 0.648. The third-order valence-electron chi connectivity index (χ3n) is 3.36. The maximum atomic E-state index is 2.63. The minimum atomic E-state index is 0.395. The van der Waals surface area contributed by atoms with Crippen LogP contribution >= 0.6 is 0 Å². The second-order valence-corrected chi connectivity index (χ2v) is 4.98. The molecule has 0 aromatic rings. The molecule has 1 nitrogen and oxygen atoms in total. The Bertz CT molecular complexity index is 236. The number of hydrogen-bond donors (Lipinski definition) is 0. The van der Waals surface area contributed by atoms with Gasteiger partial charge in [-0.25, -0.2) is 0 Å². The van der Waals surface area contributed by atoms with E-state index in [1.54, 1.807) is 0 Å². The van der Waals surface area contributed by atoms with Gasteiger partial charge >= 0.3 is 0 Å². The summed E-state index contributed by atoms with van der Waals surface area (Å²) in [5.41, 5.74) is 0.395. The fourth-order valence-corrected chi connectivity index (χ4v) is 2.52. The van der Waals surface area contributed by atoms with Gasteiger partial charge in [-0.2, -0.15) is 0 Å². The van der Waals surface area contributed by atoms with Crippen LogP contribution in [0.2, 0.25) is 0 Å². The van der Waals surface area contributed by atoms with Crippen molar-refractivity contribution >= 4 is 0 Å². The summed E-state index contributed by atoms with van der Waals surface area (Å²) in [6.45, 7) is 6.25. The van der Waals surface area contributed by atoms with E-state index in [0.717, 1.165) is 0 Å². The summed E-state index contributed by atoms with van der Waals surface area (Å²) in [5.74, 6) is 0. The highest BCUT2D eigenvalue weighted by Gasteiger charge is 2.24. The SMILES string of the molecule is CC1(CN2CCCCC2)C=CC=CC1. The summed E-state index contributed by atoms with van der Waals surface area (Å²) >= 11 is 0. The summed E-state index contributed by atoms with van der Waals surface area (Å²) in [6.07, 6.45) is 14.5. The monoisotopic (exact) mass is 191 g/mol. The highest BCUT2D eigenvalue weighted by Crippen LogP contribution is 2.29. The summed E-state index contributed by atoms with van der Waals surface area (Å²) in [7, 11) is 0. The number of hydrogen-bond acceptors (Lipinski definition) is 1. The van der Waals surface area contributed by atoms with Gasteiger partial charge in [-0.3, -0.25) is 0 Å². The molecule has 1 atom stereocenters. The minimum Gasteiger partial charge on any atom is -0.302 e. The van der Waals surface area contributed by atoms with Crippen LogP contribution in [0.4, 0.5) is 0 Å². The van der Waals surface area contributed by atoms with Gasteiger partial charge < -0.3 is 4.90 Å². The van der Waals surface area contributed by atoms with Crippen LogP contribution in [0.25, 0.3) is 0 Å². The predicted molar refractivity (Wildman–Crippen MR) is 61.3 cm³/mol. The first kappa shape index (κ1) is 9.97. The van der Waals surface area contributed by atoms with E-state index in [2.05, 4.69) is 36.1 Å². The largest absolute Gasteiger partial charge is 0.302 e. The van der Waals surface area contributed by atoms with Crippen molar-refractivity contribution in [2.45, 2.75) is 32.6 Å². The van der Waals surface area contributed by atoms with Gasteiger partial charge in [-0.1, -0.05) is 37.6 Å². The van der Waals surface area contributed by atoms with Gasteiger partial charge in [-0.15, -0.1) is 0 Å². The van der Waals surface area contributed by atoms with Crippen LogP contribution in [0.15, 0.2) is 24.3 Å². The molecule has 2 rings (SSSR count). The van der Waals surface area contributed by atoms with Crippen LogP contribution in [0, 0.1) is 5.41 Å². The van der Waals surface area contributed by atoms with Crippen molar-refractivity contribution in [2.75, 3.05) is 19.6 Å². The van der Waals surface area contributed by atoms with Crippen molar-refractivity contribution in [1.82, 2.24) is 4.90 Å². The standard InChI is InChI=1S/C13H21N/c1-13(8-4-2-5-9-13)12-14-10-6-3-7-11-14/h2,4-5,8H,3,6-7,9-12H2,1H3. The minimum absolute atomic E-state index is 0.395. The summed E-state index contributed by atoms with van der Waals surface area (Å²) < 4.78 is 0. The fourth-order valence-electron chi connectivity index (χ4n) is 2.52. The molecule has 1 aliphatic carbocycles. The van der Waals surface area contributed by atoms with E-state index in [0.29, 0.717) is 5.41 Å². The zero-order valence-corrected chi connectivity index (χ0v) is 9.21. The van der Waals surface area contributed by atoms with Crippen molar-refractivity contribution in [3.63, 3.8) is 0 Å². The number of nitrogens with zero attached hydrogens (tertiary/aromatic N) is 1. The summed E-state index contributed by atoms with van der Waals surface area (Å²) in [6, 6.07) is 0. The van der Waals surface area contributed by atoms with Gasteiger partial charge in [0.25, 0.3) is 0 Å². The number of likely N-dealkylation sites (tertiary alicyclic amines) is 1. The van der Waals surface area contributed by atoms with E-state index in [9.17, 15) is 0 Å². The Morgan fingerprint density at radius 3 is 2.57 bits per heavy atom. The smallest absolute Gasteiger partial charge is 0.00731 e. The van der Waals surface area contributed by atoms with E-state index < -0.39 is 0 Å². The average molecular weight is 191 g/mol. The van der Waals surface area contributed by atoms with Gasteiger partial charge in [-0.05, 0) is 32.4 Å². The number of rotatable bonds is 2. The van der Waals surface area contributed by atoms with E-state index in [1.165, 1.54) is 45.3 Å². The van der Waals surface area contributed by atoms with Crippen molar-refractivity contribution in [2.24, 2.45) is 5.41 Å². The molecule has 78 valence electrons. The third-order valence-corrected chi connectivity index (χ3v) is 3.36. The molecule has 0 aromatic carbocycles. The molecule has 1 unspecified atom stereocenters. The van der Waals surface area contributed by atoms with E-state index >= 15 is 0 Å². The molecule has 0 amide bonds.